The number of thioether (sulfide) groups is 1. The smallest absolute Gasteiger partial charge is 0.329 e. The Labute approximate surface area is 123 Å². The maximum atomic E-state index is 12.2. The highest BCUT2D eigenvalue weighted by Crippen LogP contribution is 2.21. The van der Waals surface area contributed by atoms with Crippen molar-refractivity contribution in [2.75, 3.05) is 18.1 Å². The molecular weight excluding hydrogens is 276 g/mol. The fourth-order valence-electron chi connectivity index (χ4n) is 1.80. The van der Waals surface area contributed by atoms with Gasteiger partial charge in [0.05, 0.1) is 0 Å². The highest BCUT2D eigenvalue weighted by molar-refractivity contribution is 7.98. The lowest BCUT2D eigenvalue weighted by molar-refractivity contribution is -0.147. The van der Waals surface area contributed by atoms with Gasteiger partial charge in [0, 0.05) is 17.1 Å². The van der Waals surface area contributed by atoms with Gasteiger partial charge in [-0.15, -0.1) is 11.8 Å². The Bertz CT molecular complexity index is 503. The van der Waals surface area contributed by atoms with Crippen LogP contribution >= 0.6 is 11.8 Å². The second-order valence-electron chi connectivity index (χ2n) is 4.77. The Morgan fingerprint density at radius 1 is 1.40 bits per heavy atom. The summed E-state index contributed by atoms with van der Waals surface area (Å²) in [5.41, 5.74) is -0.600. The molecule has 0 saturated heterocycles. The number of likely N-dealkylation sites (N-methyl/N-ethyl adjacent to an activating group) is 1. The molecule has 0 saturated carbocycles. The van der Waals surface area contributed by atoms with Crippen molar-refractivity contribution in [2.24, 2.45) is 0 Å². The number of carboxylic acid groups (broad SMARTS) is 1. The predicted molar refractivity (Wildman–Crippen MR) is 81.3 cm³/mol. The van der Waals surface area contributed by atoms with E-state index in [0.717, 1.165) is 4.90 Å². The number of nitrogens with one attached hydrogen (secondary N) is 1. The van der Waals surface area contributed by atoms with Crippen LogP contribution in [0, 0.1) is 0 Å². The number of hydrogen-bond acceptors (Lipinski definition) is 3. The number of urea groups is 1. The Balaban J connectivity index is 2.90. The summed E-state index contributed by atoms with van der Waals surface area (Å²) in [6.07, 6.45) is 1.95. The SMILES string of the molecule is CCN(C(=O)Nc1cccc(SC)c1)C(C)(C)C(=O)O. The highest BCUT2D eigenvalue weighted by atomic mass is 32.2. The first kappa shape index (κ1) is 16.4. The number of amides is 2. The maximum absolute atomic E-state index is 12.2. The lowest BCUT2D eigenvalue weighted by Gasteiger charge is -2.34. The van der Waals surface area contributed by atoms with E-state index in [4.69, 9.17) is 0 Å². The fraction of sp³-hybridized carbons (Fsp3) is 0.429. The second kappa shape index (κ2) is 6.65. The Hall–Kier alpha value is -1.69. The van der Waals surface area contributed by atoms with Gasteiger partial charge in [-0.05, 0) is 45.2 Å². The molecule has 5 nitrogen and oxygen atoms in total. The molecule has 2 N–H and O–H groups in total. The van der Waals surface area contributed by atoms with E-state index in [1.807, 2.05) is 24.5 Å². The molecule has 0 aliphatic rings. The van der Waals surface area contributed by atoms with Crippen LogP contribution in [0.4, 0.5) is 10.5 Å². The second-order valence-corrected chi connectivity index (χ2v) is 5.65. The zero-order chi connectivity index (χ0) is 15.3. The van der Waals surface area contributed by atoms with Crippen LogP contribution in [0.2, 0.25) is 0 Å². The number of benzene rings is 1. The van der Waals surface area contributed by atoms with E-state index in [1.54, 1.807) is 24.8 Å². The van der Waals surface area contributed by atoms with Gasteiger partial charge in [-0.3, -0.25) is 0 Å². The van der Waals surface area contributed by atoms with Crippen molar-refractivity contribution in [1.82, 2.24) is 4.90 Å². The quantitative estimate of drug-likeness (QED) is 0.819. The molecule has 0 heterocycles. The summed E-state index contributed by atoms with van der Waals surface area (Å²) in [5.74, 6) is -1.03. The fourth-order valence-corrected chi connectivity index (χ4v) is 2.26. The van der Waals surface area contributed by atoms with Gasteiger partial charge in [-0.2, -0.15) is 0 Å². The molecule has 110 valence electrons. The van der Waals surface area contributed by atoms with Crippen LogP contribution in [0.25, 0.3) is 0 Å². The van der Waals surface area contributed by atoms with Gasteiger partial charge in [-0.1, -0.05) is 6.07 Å². The number of carbonyl (C=O) groups is 2. The Morgan fingerprint density at radius 3 is 2.55 bits per heavy atom. The third-order valence-corrected chi connectivity index (χ3v) is 3.81. The number of hydrogen-bond donors (Lipinski definition) is 2. The molecule has 0 spiro atoms. The van der Waals surface area contributed by atoms with Gasteiger partial charge in [0.15, 0.2) is 0 Å². The van der Waals surface area contributed by atoms with Crippen LogP contribution in [-0.4, -0.2) is 40.3 Å². The van der Waals surface area contributed by atoms with Crippen molar-refractivity contribution in [2.45, 2.75) is 31.2 Å². The molecule has 0 fully saturated rings. The number of nitrogens with zero attached hydrogens (tertiary/aromatic N) is 1. The number of carboxylic acids is 1. The van der Waals surface area contributed by atoms with Crippen molar-refractivity contribution >= 4 is 29.4 Å². The van der Waals surface area contributed by atoms with E-state index in [9.17, 15) is 14.7 Å². The summed E-state index contributed by atoms with van der Waals surface area (Å²) >= 11 is 1.58. The van der Waals surface area contributed by atoms with Crippen LogP contribution in [-0.2, 0) is 4.79 Å². The molecule has 20 heavy (non-hydrogen) atoms. The van der Waals surface area contributed by atoms with Gasteiger partial charge in [0.1, 0.15) is 5.54 Å². The van der Waals surface area contributed by atoms with Crippen LogP contribution in [0.15, 0.2) is 29.2 Å². The van der Waals surface area contributed by atoms with E-state index < -0.39 is 17.5 Å². The summed E-state index contributed by atoms with van der Waals surface area (Å²) in [5, 5.41) is 12.0. The molecule has 0 radical (unpaired) electrons. The molecule has 1 rings (SSSR count). The van der Waals surface area contributed by atoms with E-state index >= 15 is 0 Å². The van der Waals surface area contributed by atoms with E-state index in [-0.39, 0.29) is 0 Å². The van der Waals surface area contributed by atoms with Gasteiger partial charge in [-0.25, -0.2) is 9.59 Å². The van der Waals surface area contributed by atoms with Crippen molar-refractivity contribution < 1.29 is 14.7 Å². The predicted octanol–water partition coefficient (Wildman–Crippen LogP) is 3.13. The monoisotopic (exact) mass is 296 g/mol. The third-order valence-electron chi connectivity index (χ3n) is 3.08. The highest BCUT2D eigenvalue weighted by Gasteiger charge is 2.36. The van der Waals surface area contributed by atoms with E-state index in [1.165, 1.54) is 18.7 Å². The van der Waals surface area contributed by atoms with Crippen LogP contribution in [0.5, 0.6) is 0 Å². The first-order valence-electron chi connectivity index (χ1n) is 6.29. The van der Waals surface area contributed by atoms with Gasteiger partial charge >= 0.3 is 12.0 Å². The largest absolute Gasteiger partial charge is 0.480 e. The lowest BCUT2D eigenvalue weighted by Crippen LogP contribution is -2.54. The average Bonchev–Trinajstić information content (AvgIpc) is 2.39. The molecule has 1 aromatic rings. The lowest BCUT2D eigenvalue weighted by atomic mass is 10.0. The molecule has 0 aliphatic carbocycles. The zero-order valence-electron chi connectivity index (χ0n) is 12.1. The summed E-state index contributed by atoms with van der Waals surface area (Å²) < 4.78 is 0. The molecule has 1 aromatic carbocycles. The van der Waals surface area contributed by atoms with Crippen molar-refractivity contribution in [3.8, 4) is 0 Å². The topological polar surface area (TPSA) is 69.6 Å². The summed E-state index contributed by atoms with van der Waals surface area (Å²) in [6, 6.07) is 7.00. The van der Waals surface area contributed by atoms with Crippen molar-refractivity contribution in [1.29, 1.82) is 0 Å². The van der Waals surface area contributed by atoms with Gasteiger partial charge in [0.25, 0.3) is 0 Å². The molecular formula is C14H20N2O3S. The first-order valence-corrected chi connectivity index (χ1v) is 7.51. The van der Waals surface area contributed by atoms with E-state index in [0.29, 0.717) is 12.2 Å². The number of rotatable bonds is 5. The number of anilines is 1. The first-order chi connectivity index (χ1) is 9.32. The number of aliphatic carboxylic acids is 1. The minimum atomic E-state index is -1.25. The summed E-state index contributed by atoms with van der Waals surface area (Å²) in [4.78, 5) is 25.8. The summed E-state index contributed by atoms with van der Waals surface area (Å²) in [7, 11) is 0. The van der Waals surface area contributed by atoms with Crippen LogP contribution in [0.1, 0.15) is 20.8 Å². The van der Waals surface area contributed by atoms with Crippen molar-refractivity contribution in [3.63, 3.8) is 0 Å². The minimum absolute atomic E-state index is 0.313. The third kappa shape index (κ3) is 3.66. The molecule has 0 atom stereocenters. The Kier molecular flexibility index (Phi) is 5.44. The normalized spacial score (nSPS) is 11.0. The van der Waals surface area contributed by atoms with Gasteiger partial charge in [0.2, 0.25) is 0 Å². The standard InChI is InChI=1S/C14H20N2O3S/c1-5-16(14(2,3)12(17)18)13(19)15-10-7-6-8-11(9-10)20-4/h6-9H,5H2,1-4H3,(H,15,19)(H,17,18). The summed E-state index contributed by atoms with van der Waals surface area (Å²) in [6.45, 7) is 5.09. The zero-order valence-corrected chi connectivity index (χ0v) is 13.0. The average molecular weight is 296 g/mol. The Morgan fingerprint density at radius 2 is 2.05 bits per heavy atom. The van der Waals surface area contributed by atoms with Crippen molar-refractivity contribution in [3.05, 3.63) is 24.3 Å². The van der Waals surface area contributed by atoms with Crippen LogP contribution in [0.3, 0.4) is 0 Å². The molecule has 2 amide bonds. The molecule has 0 bridgehead atoms. The number of carbonyl (C=O) groups excluding carboxylic acids is 1. The molecule has 0 unspecified atom stereocenters. The van der Waals surface area contributed by atoms with E-state index in [2.05, 4.69) is 5.32 Å². The molecule has 0 aliphatic heterocycles. The molecule has 6 heteroatoms. The van der Waals surface area contributed by atoms with Crippen LogP contribution < -0.4 is 5.32 Å². The molecule has 0 aromatic heterocycles. The van der Waals surface area contributed by atoms with Gasteiger partial charge < -0.3 is 15.3 Å². The maximum Gasteiger partial charge on any atom is 0.329 e. The minimum Gasteiger partial charge on any atom is -0.480 e.